The molecule has 0 unspecified atom stereocenters. The molecule has 0 fully saturated rings. The van der Waals surface area contributed by atoms with E-state index in [9.17, 15) is 0 Å². The van der Waals surface area contributed by atoms with Crippen molar-refractivity contribution < 1.29 is 0 Å². The van der Waals surface area contributed by atoms with E-state index in [1.807, 2.05) is 12.3 Å². The van der Waals surface area contributed by atoms with Crippen molar-refractivity contribution in [3.8, 4) is 11.1 Å². The van der Waals surface area contributed by atoms with Crippen LogP contribution < -0.4 is 0 Å². The molecule has 1 aromatic carbocycles. The van der Waals surface area contributed by atoms with Crippen LogP contribution in [0.2, 0.25) is 0 Å². The van der Waals surface area contributed by atoms with Gasteiger partial charge in [0.2, 0.25) is 0 Å². The molecule has 2 aromatic rings. The van der Waals surface area contributed by atoms with Gasteiger partial charge in [0.05, 0.1) is 0 Å². The minimum absolute atomic E-state index is 0.958. The molecule has 0 radical (unpaired) electrons. The average molecular weight is 219 g/mol. The Morgan fingerprint density at radius 1 is 1.12 bits per heavy atom. The average Bonchev–Trinajstić information content (AvgIpc) is 2.40. The smallest absolute Gasteiger partial charge is 0.0346 e. The fourth-order valence-corrected chi connectivity index (χ4v) is 2.17. The van der Waals surface area contributed by atoms with E-state index in [0.29, 0.717) is 0 Å². The molecule has 3 rings (SSSR count). The first-order valence-electron chi connectivity index (χ1n) is 5.74. The molecular weight excluding hydrogens is 206 g/mol. The summed E-state index contributed by atoms with van der Waals surface area (Å²) in [7, 11) is 0. The van der Waals surface area contributed by atoms with Crippen LogP contribution in [0, 0.1) is 0 Å². The first-order valence-corrected chi connectivity index (χ1v) is 5.74. The summed E-state index contributed by atoms with van der Waals surface area (Å²) in [5.74, 6) is 0. The molecule has 0 atom stereocenters. The van der Waals surface area contributed by atoms with E-state index in [1.165, 1.54) is 22.3 Å². The van der Waals surface area contributed by atoms with Crippen molar-refractivity contribution in [3.63, 3.8) is 0 Å². The summed E-state index contributed by atoms with van der Waals surface area (Å²) < 4.78 is 0. The van der Waals surface area contributed by atoms with Gasteiger partial charge < -0.3 is 0 Å². The molecule has 82 valence electrons. The van der Waals surface area contributed by atoms with Crippen LogP contribution in [0.3, 0.4) is 0 Å². The van der Waals surface area contributed by atoms with Gasteiger partial charge in [0.15, 0.2) is 0 Å². The van der Waals surface area contributed by atoms with Gasteiger partial charge in [-0.1, -0.05) is 36.9 Å². The molecule has 0 saturated carbocycles. The van der Waals surface area contributed by atoms with Crippen LogP contribution in [0.15, 0.2) is 55.4 Å². The van der Waals surface area contributed by atoms with Crippen molar-refractivity contribution in [2.24, 2.45) is 0 Å². The lowest BCUT2D eigenvalue weighted by molar-refractivity contribution is 1.32. The highest BCUT2D eigenvalue weighted by Crippen LogP contribution is 2.30. The summed E-state index contributed by atoms with van der Waals surface area (Å²) in [6.45, 7) is 4.09. The monoisotopic (exact) mass is 219 g/mol. The van der Waals surface area contributed by atoms with Crippen LogP contribution in [0.1, 0.15) is 17.5 Å². The number of allylic oxidation sites excluding steroid dienone is 2. The number of aromatic nitrogens is 1. The van der Waals surface area contributed by atoms with Crippen molar-refractivity contribution in [2.75, 3.05) is 0 Å². The highest BCUT2D eigenvalue weighted by Gasteiger charge is 2.09. The third kappa shape index (κ3) is 1.80. The van der Waals surface area contributed by atoms with Crippen LogP contribution in [0.4, 0.5) is 0 Å². The van der Waals surface area contributed by atoms with E-state index >= 15 is 0 Å². The van der Waals surface area contributed by atoms with Gasteiger partial charge in [0, 0.05) is 18.0 Å². The third-order valence-corrected chi connectivity index (χ3v) is 3.09. The topological polar surface area (TPSA) is 12.9 Å². The third-order valence-electron chi connectivity index (χ3n) is 3.09. The summed E-state index contributed by atoms with van der Waals surface area (Å²) in [5.41, 5.74) is 6.07. The molecule has 1 aliphatic rings. The Kier molecular flexibility index (Phi) is 2.37. The second kappa shape index (κ2) is 4.02. The lowest BCUT2D eigenvalue weighted by atomic mass is 9.91. The zero-order valence-corrected chi connectivity index (χ0v) is 9.56. The zero-order valence-electron chi connectivity index (χ0n) is 9.56. The van der Waals surface area contributed by atoms with Crippen LogP contribution in [0.5, 0.6) is 0 Å². The Bertz CT molecular complexity index is 594. The Morgan fingerprint density at radius 3 is 2.88 bits per heavy atom. The number of benzene rings is 1. The van der Waals surface area contributed by atoms with E-state index in [0.717, 1.165) is 12.0 Å². The minimum atomic E-state index is 0.958. The Balaban J connectivity index is 2.11. The Morgan fingerprint density at radius 2 is 2.06 bits per heavy atom. The van der Waals surface area contributed by atoms with Crippen molar-refractivity contribution in [1.82, 2.24) is 4.98 Å². The first-order chi connectivity index (χ1) is 8.34. The van der Waals surface area contributed by atoms with Gasteiger partial charge in [-0.05, 0) is 40.8 Å². The fraction of sp³-hybridized carbons (Fsp3) is 0.0625. The zero-order chi connectivity index (χ0) is 11.7. The molecule has 0 amide bonds. The molecule has 1 aromatic heterocycles. The number of pyridine rings is 1. The van der Waals surface area contributed by atoms with Crippen LogP contribution in [-0.4, -0.2) is 4.98 Å². The normalized spacial score (nSPS) is 13.5. The quantitative estimate of drug-likeness (QED) is 0.701. The molecule has 0 saturated heterocycles. The summed E-state index contributed by atoms with van der Waals surface area (Å²) >= 11 is 0. The SMILES string of the molecule is C=C1CC=Cc2cc(-c3cccnc3)ccc21. The summed E-state index contributed by atoms with van der Waals surface area (Å²) in [5, 5.41) is 0. The van der Waals surface area contributed by atoms with Gasteiger partial charge in [-0.2, -0.15) is 0 Å². The van der Waals surface area contributed by atoms with Crippen LogP contribution >= 0.6 is 0 Å². The van der Waals surface area contributed by atoms with E-state index in [-0.39, 0.29) is 0 Å². The maximum Gasteiger partial charge on any atom is 0.0346 e. The van der Waals surface area contributed by atoms with E-state index in [2.05, 4.69) is 48.0 Å². The second-order valence-corrected chi connectivity index (χ2v) is 4.25. The minimum Gasteiger partial charge on any atom is -0.264 e. The highest BCUT2D eigenvalue weighted by atomic mass is 14.6. The van der Waals surface area contributed by atoms with Gasteiger partial charge in [-0.25, -0.2) is 0 Å². The van der Waals surface area contributed by atoms with Gasteiger partial charge in [0.1, 0.15) is 0 Å². The standard InChI is InChI=1S/C16H13N/c1-12-4-2-5-14-10-13(7-8-16(12)14)15-6-3-9-17-11-15/h2-3,5-11H,1,4H2. The summed E-state index contributed by atoms with van der Waals surface area (Å²) in [6.07, 6.45) is 8.98. The second-order valence-electron chi connectivity index (χ2n) is 4.25. The van der Waals surface area contributed by atoms with Crippen molar-refractivity contribution in [1.29, 1.82) is 0 Å². The molecule has 0 N–H and O–H groups in total. The largest absolute Gasteiger partial charge is 0.264 e. The molecule has 17 heavy (non-hydrogen) atoms. The Labute approximate surface area is 101 Å². The molecule has 1 heteroatoms. The molecule has 1 heterocycles. The lowest BCUT2D eigenvalue weighted by Gasteiger charge is -2.14. The molecule has 0 bridgehead atoms. The highest BCUT2D eigenvalue weighted by molar-refractivity contribution is 5.81. The van der Waals surface area contributed by atoms with Gasteiger partial charge in [-0.3, -0.25) is 4.98 Å². The van der Waals surface area contributed by atoms with Crippen LogP contribution in [0.25, 0.3) is 22.8 Å². The van der Waals surface area contributed by atoms with Crippen molar-refractivity contribution in [2.45, 2.75) is 6.42 Å². The number of fused-ring (bicyclic) bond motifs is 1. The van der Waals surface area contributed by atoms with Gasteiger partial charge in [-0.15, -0.1) is 0 Å². The predicted octanol–water partition coefficient (Wildman–Crippen LogP) is 4.18. The van der Waals surface area contributed by atoms with E-state index in [1.54, 1.807) is 6.20 Å². The van der Waals surface area contributed by atoms with Gasteiger partial charge in [0.25, 0.3) is 0 Å². The number of hydrogen-bond acceptors (Lipinski definition) is 1. The van der Waals surface area contributed by atoms with Crippen molar-refractivity contribution >= 4 is 11.6 Å². The van der Waals surface area contributed by atoms with Crippen molar-refractivity contribution in [3.05, 3.63) is 66.5 Å². The fourth-order valence-electron chi connectivity index (χ4n) is 2.17. The predicted molar refractivity (Wildman–Crippen MR) is 72.4 cm³/mol. The summed E-state index contributed by atoms with van der Waals surface area (Å²) in [6, 6.07) is 10.5. The first kappa shape index (κ1) is 10.0. The number of rotatable bonds is 1. The van der Waals surface area contributed by atoms with Crippen LogP contribution in [-0.2, 0) is 0 Å². The van der Waals surface area contributed by atoms with E-state index < -0.39 is 0 Å². The Hall–Kier alpha value is -2.15. The molecule has 0 aliphatic heterocycles. The lowest BCUT2D eigenvalue weighted by Crippen LogP contribution is -1.92. The molecule has 1 aliphatic carbocycles. The van der Waals surface area contributed by atoms with E-state index in [4.69, 9.17) is 0 Å². The molecule has 0 spiro atoms. The number of hydrogen-bond donors (Lipinski definition) is 0. The number of nitrogens with zero attached hydrogens (tertiary/aromatic N) is 1. The molecular formula is C16H13N. The maximum absolute atomic E-state index is 4.15. The van der Waals surface area contributed by atoms with Gasteiger partial charge >= 0.3 is 0 Å². The molecule has 1 nitrogen and oxygen atoms in total. The summed E-state index contributed by atoms with van der Waals surface area (Å²) in [4.78, 5) is 4.15. The maximum atomic E-state index is 4.15.